The Bertz CT molecular complexity index is 1170. The maximum absolute atomic E-state index is 13.0. The number of aliphatic hydroxyl groups excluding tert-OH is 5. The second-order valence-corrected chi connectivity index (χ2v) is 19.6. The number of allylic oxidation sites excluding steroid dienone is 3. The first-order valence-electron chi connectivity index (χ1n) is 28.1. The van der Waals surface area contributed by atoms with Gasteiger partial charge in [-0.2, -0.15) is 0 Å². The van der Waals surface area contributed by atoms with Crippen LogP contribution in [0, 0.1) is 0 Å². The summed E-state index contributed by atoms with van der Waals surface area (Å²) in [5, 5.41) is 54.4. The van der Waals surface area contributed by atoms with Crippen LogP contribution in [0.15, 0.2) is 24.3 Å². The first-order valence-corrected chi connectivity index (χ1v) is 28.1. The van der Waals surface area contributed by atoms with Gasteiger partial charge < -0.3 is 45.1 Å². The van der Waals surface area contributed by atoms with Gasteiger partial charge in [0.1, 0.15) is 24.4 Å². The molecule has 0 aromatic carbocycles. The highest BCUT2D eigenvalue weighted by Gasteiger charge is 2.44. The lowest BCUT2D eigenvalue weighted by atomic mass is 9.99. The maximum Gasteiger partial charge on any atom is 0.305 e. The average Bonchev–Trinajstić information content (AvgIpc) is 3.32. The first kappa shape index (κ1) is 63.2. The van der Waals surface area contributed by atoms with Crippen molar-refractivity contribution in [3.63, 3.8) is 0 Å². The van der Waals surface area contributed by atoms with Gasteiger partial charge in [-0.3, -0.25) is 9.59 Å². The molecule has 67 heavy (non-hydrogen) atoms. The molecule has 7 unspecified atom stereocenters. The van der Waals surface area contributed by atoms with E-state index in [4.69, 9.17) is 14.2 Å². The second kappa shape index (κ2) is 46.5. The number of hydrogen-bond donors (Lipinski definition) is 6. The van der Waals surface area contributed by atoms with Crippen LogP contribution >= 0.6 is 0 Å². The molecule has 0 saturated carbocycles. The fourth-order valence-electron chi connectivity index (χ4n) is 8.77. The van der Waals surface area contributed by atoms with E-state index in [-0.39, 0.29) is 18.5 Å². The zero-order valence-electron chi connectivity index (χ0n) is 43.1. The van der Waals surface area contributed by atoms with E-state index >= 15 is 0 Å². The van der Waals surface area contributed by atoms with Crippen molar-refractivity contribution in [3.05, 3.63) is 24.3 Å². The van der Waals surface area contributed by atoms with Crippen LogP contribution in [0.4, 0.5) is 0 Å². The van der Waals surface area contributed by atoms with Crippen molar-refractivity contribution in [1.82, 2.24) is 5.32 Å². The Hall–Kier alpha value is -1.86. The van der Waals surface area contributed by atoms with Crippen LogP contribution in [0.3, 0.4) is 0 Å². The van der Waals surface area contributed by atoms with E-state index in [9.17, 15) is 35.1 Å². The van der Waals surface area contributed by atoms with Crippen LogP contribution in [-0.4, -0.2) is 100 Å². The van der Waals surface area contributed by atoms with Gasteiger partial charge in [0.25, 0.3) is 0 Å². The predicted molar refractivity (Wildman–Crippen MR) is 274 cm³/mol. The third kappa shape index (κ3) is 36.7. The van der Waals surface area contributed by atoms with Gasteiger partial charge in [0.15, 0.2) is 6.29 Å². The Labute approximate surface area is 410 Å². The van der Waals surface area contributed by atoms with Crippen molar-refractivity contribution >= 4 is 11.9 Å². The van der Waals surface area contributed by atoms with Gasteiger partial charge in [0.05, 0.1) is 32.0 Å². The van der Waals surface area contributed by atoms with Crippen LogP contribution in [-0.2, 0) is 23.8 Å². The lowest BCUT2D eigenvalue weighted by molar-refractivity contribution is -0.302. The number of esters is 1. The van der Waals surface area contributed by atoms with Crippen LogP contribution in [0.2, 0.25) is 0 Å². The van der Waals surface area contributed by atoms with Crippen molar-refractivity contribution in [1.29, 1.82) is 0 Å². The molecule has 0 radical (unpaired) electrons. The van der Waals surface area contributed by atoms with Crippen LogP contribution in [0.25, 0.3) is 0 Å². The van der Waals surface area contributed by atoms with Crippen molar-refractivity contribution in [2.75, 3.05) is 19.8 Å². The minimum atomic E-state index is -1.57. The molecule has 1 saturated heterocycles. The van der Waals surface area contributed by atoms with Crippen LogP contribution in [0.5, 0.6) is 0 Å². The Morgan fingerprint density at radius 3 is 1.48 bits per heavy atom. The summed E-state index contributed by atoms with van der Waals surface area (Å²) < 4.78 is 16.7. The fraction of sp³-hybridized carbons (Fsp3) is 0.893. The highest BCUT2D eigenvalue weighted by atomic mass is 16.7. The Balaban J connectivity index is 2.17. The van der Waals surface area contributed by atoms with Gasteiger partial charge in [-0.15, -0.1) is 0 Å². The van der Waals surface area contributed by atoms with Crippen molar-refractivity contribution in [3.8, 4) is 0 Å². The molecule has 11 heteroatoms. The molecule has 1 aliphatic heterocycles. The standard InChI is InChI=1S/C56H105NO10/c1-3-5-7-9-11-13-15-16-19-23-26-30-34-38-42-49(59)48(47-66-56-55(64)54(63)53(62)50(46-58)67-56)57-51(60)43-39-35-31-27-24-20-17-18-21-25-29-33-37-41-45-65-52(61)44-40-36-32-28-22-14-12-10-8-6-4-2/h10,12,38,42,48-50,53-56,58-59,62-64H,3-9,11,13-37,39-41,43-47H2,1-2H3,(H,57,60)/b12-10-,42-38+. The minimum Gasteiger partial charge on any atom is -0.466 e. The summed E-state index contributed by atoms with van der Waals surface area (Å²) in [4.78, 5) is 25.0. The number of ether oxygens (including phenoxy) is 3. The Morgan fingerprint density at radius 2 is 0.970 bits per heavy atom. The smallest absolute Gasteiger partial charge is 0.305 e. The van der Waals surface area contributed by atoms with Gasteiger partial charge in [-0.1, -0.05) is 218 Å². The fourth-order valence-corrected chi connectivity index (χ4v) is 8.77. The van der Waals surface area contributed by atoms with E-state index in [1.807, 2.05) is 6.08 Å². The third-order valence-corrected chi connectivity index (χ3v) is 13.3. The summed E-state index contributed by atoms with van der Waals surface area (Å²) in [7, 11) is 0. The van der Waals surface area contributed by atoms with Crippen molar-refractivity contribution < 1.29 is 49.3 Å². The van der Waals surface area contributed by atoms with Gasteiger partial charge >= 0.3 is 5.97 Å². The molecular weight excluding hydrogens is 847 g/mol. The number of aliphatic hydroxyl groups is 5. The first-order chi connectivity index (χ1) is 32.7. The zero-order chi connectivity index (χ0) is 48.8. The summed E-state index contributed by atoms with van der Waals surface area (Å²) in [6, 6.07) is -0.818. The molecule has 11 nitrogen and oxygen atoms in total. The number of carbonyl (C=O) groups is 2. The molecular formula is C56H105NO10. The van der Waals surface area contributed by atoms with E-state index in [1.165, 1.54) is 161 Å². The van der Waals surface area contributed by atoms with Crippen molar-refractivity contribution in [2.45, 2.75) is 301 Å². The Morgan fingerprint density at radius 1 is 0.537 bits per heavy atom. The monoisotopic (exact) mass is 952 g/mol. The number of nitrogens with one attached hydrogen (secondary N) is 1. The van der Waals surface area contributed by atoms with Crippen LogP contribution in [0.1, 0.15) is 258 Å². The molecule has 0 bridgehead atoms. The van der Waals surface area contributed by atoms with Gasteiger partial charge in [0, 0.05) is 12.8 Å². The van der Waals surface area contributed by atoms with Gasteiger partial charge in [-0.25, -0.2) is 0 Å². The largest absolute Gasteiger partial charge is 0.466 e. The predicted octanol–water partition coefficient (Wildman–Crippen LogP) is 12.2. The summed E-state index contributed by atoms with van der Waals surface area (Å²) >= 11 is 0. The Kier molecular flexibility index (Phi) is 43.8. The molecule has 1 rings (SSSR count). The number of rotatable bonds is 48. The van der Waals surface area contributed by atoms with Gasteiger partial charge in [-0.05, 0) is 51.4 Å². The lowest BCUT2D eigenvalue weighted by Gasteiger charge is -2.40. The number of amides is 1. The molecule has 0 spiro atoms. The lowest BCUT2D eigenvalue weighted by Crippen LogP contribution is -2.60. The average molecular weight is 952 g/mol. The molecule has 1 amide bonds. The second-order valence-electron chi connectivity index (χ2n) is 19.6. The van der Waals surface area contributed by atoms with E-state index in [0.29, 0.717) is 19.4 Å². The highest BCUT2D eigenvalue weighted by Crippen LogP contribution is 2.23. The molecule has 1 heterocycles. The summed E-state index contributed by atoms with van der Waals surface area (Å²) in [6.07, 6.45) is 43.9. The molecule has 394 valence electrons. The molecule has 0 aromatic heterocycles. The number of hydrogen-bond acceptors (Lipinski definition) is 10. The normalized spacial score (nSPS) is 19.7. The third-order valence-electron chi connectivity index (χ3n) is 13.3. The topological polar surface area (TPSA) is 175 Å². The highest BCUT2D eigenvalue weighted by molar-refractivity contribution is 5.76. The summed E-state index contributed by atoms with van der Waals surface area (Å²) in [5.74, 6) is -0.226. The zero-order valence-corrected chi connectivity index (χ0v) is 43.1. The molecule has 7 atom stereocenters. The number of unbranched alkanes of at least 4 members (excludes halogenated alkanes) is 32. The van der Waals surface area contributed by atoms with E-state index in [2.05, 4.69) is 31.3 Å². The molecule has 1 fully saturated rings. The summed E-state index contributed by atoms with van der Waals surface area (Å²) in [6.45, 7) is 4.27. The quantitative estimate of drug-likeness (QED) is 0.0196. The molecule has 1 aliphatic rings. The van der Waals surface area contributed by atoms with E-state index in [0.717, 1.165) is 70.6 Å². The minimum absolute atomic E-state index is 0.0338. The summed E-state index contributed by atoms with van der Waals surface area (Å²) in [5.41, 5.74) is 0. The van der Waals surface area contributed by atoms with E-state index in [1.54, 1.807) is 6.08 Å². The number of carbonyl (C=O) groups excluding carboxylic acids is 2. The van der Waals surface area contributed by atoms with Crippen LogP contribution < -0.4 is 5.32 Å². The molecule has 6 N–H and O–H groups in total. The van der Waals surface area contributed by atoms with E-state index < -0.39 is 49.5 Å². The SMILES string of the molecule is CCCC/C=C\CCCCCCCC(=O)OCCCCCCCCCCCCCCCCC(=O)NC(COC1OC(CO)C(O)C(O)C1O)C(O)/C=C/CCCCCCCCCCCCCC. The van der Waals surface area contributed by atoms with Crippen molar-refractivity contribution in [2.24, 2.45) is 0 Å². The van der Waals surface area contributed by atoms with Gasteiger partial charge in [0.2, 0.25) is 5.91 Å². The molecule has 0 aliphatic carbocycles. The maximum atomic E-state index is 13.0. The molecule has 0 aromatic rings.